The van der Waals surface area contributed by atoms with Crippen molar-refractivity contribution in [3.63, 3.8) is 0 Å². The quantitative estimate of drug-likeness (QED) is 0.664. The molecule has 0 radical (unpaired) electrons. The lowest BCUT2D eigenvalue weighted by molar-refractivity contribution is -0.140. The molecule has 1 saturated heterocycles. The highest BCUT2D eigenvalue weighted by Crippen LogP contribution is 2.34. The van der Waals surface area contributed by atoms with Gasteiger partial charge in [-0.05, 0) is 25.3 Å². The molecular weight excluding hydrogens is 304 g/mol. The summed E-state index contributed by atoms with van der Waals surface area (Å²) in [5.41, 5.74) is 2.20. The van der Waals surface area contributed by atoms with E-state index in [1.165, 1.54) is 10.5 Å². The number of hydrogen-bond acceptors (Lipinski definition) is 3. The smallest absolute Gasteiger partial charge is 0.233 e. The standard InChI is InChI=1S/C19H22N2O3/c1-13-6-8-14(9-7-13)12-20-17(22)10-11-21-18(23)15-4-2-3-5-16(15)19(21)24/h2-3,6-9,15-16H,4-5,10-12H2,1H3,(H,20,22)/t15-,16-/m0/s1. The third kappa shape index (κ3) is 3.40. The molecule has 1 fully saturated rings. The van der Waals surface area contributed by atoms with E-state index in [4.69, 9.17) is 0 Å². The monoisotopic (exact) mass is 326 g/mol. The van der Waals surface area contributed by atoms with E-state index in [1.54, 1.807) is 0 Å². The number of hydrogen-bond donors (Lipinski definition) is 1. The molecule has 1 aliphatic heterocycles. The van der Waals surface area contributed by atoms with Gasteiger partial charge in [0.05, 0.1) is 11.8 Å². The zero-order valence-corrected chi connectivity index (χ0v) is 13.8. The number of imide groups is 1. The first-order valence-corrected chi connectivity index (χ1v) is 8.38. The molecule has 3 amide bonds. The molecule has 0 unspecified atom stereocenters. The van der Waals surface area contributed by atoms with Crippen molar-refractivity contribution in [2.75, 3.05) is 6.54 Å². The zero-order valence-electron chi connectivity index (χ0n) is 13.8. The van der Waals surface area contributed by atoms with Crippen molar-refractivity contribution in [1.29, 1.82) is 0 Å². The molecule has 126 valence electrons. The van der Waals surface area contributed by atoms with E-state index >= 15 is 0 Å². The van der Waals surface area contributed by atoms with Gasteiger partial charge in [0.25, 0.3) is 0 Å². The average Bonchev–Trinajstić information content (AvgIpc) is 2.84. The molecule has 1 heterocycles. The van der Waals surface area contributed by atoms with E-state index in [1.807, 2.05) is 43.3 Å². The van der Waals surface area contributed by atoms with Crippen LogP contribution in [0.5, 0.6) is 0 Å². The molecule has 0 spiro atoms. The first-order valence-electron chi connectivity index (χ1n) is 8.38. The Balaban J connectivity index is 1.48. The third-order valence-electron chi connectivity index (χ3n) is 4.77. The molecule has 1 aromatic carbocycles. The Labute approximate surface area is 141 Å². The molecule has 2 atom stereocenters. The number of amides is 3. The summed E-state index contributed by atoms with van der Waals surface area (Å²) in [5.74, 6) is -0.846. The Kier molecular flexibility index (Phi) is 4.79. The van der Waals surface area contributed by atoms with Crippen LogP contribution in [0.3, 0.4) is 0 Å². The van der Waals surface area contributed by atoms with Crippen LogP contribution in [-0.4, -0.2) is 29.2 Å². The summed E-state index contributed by atoms with van der Waals surface area (Å²) in [5, 5.41) is 2.83. The number of allylic oxidation sites excluding steroid dienone is 2. The van der Waals surface area contributed by atoms with Crippen molar-refractivity contribution in [3.05, 3.63) is 47.5 Å². The van der Waals surface area contributed by atoms with Gasteiger partial charge < -0.3 is 5.32 Å². The largest absolute Gasteiger partial charge is 0.352 e. The number of carbonyl (C=O) groups excluding carboxylic acids is 3. The Morgan fingerprint density at radius 1 is 1.08 bits per heavy atom. The summed E-state index contributed by atoms with van der Waals surface area (Å²) in [6.45, 7) is 2.64. The molecule has 0 saturated carbocycles. The molecule has 1 aromatic rings. The van der Waals surface area contributed by atoms with Gasteiger partial charge in [0, 0.05) is 19.5 Å². The summed E-state index contributed by atoms with van der Waals surface area (Å²) in [4.78, 5) is 37.9. The molecule has 24 heavy (non-hydrogen) atoms. The van der Waals surface area contributed by atoms with E-state index in [9.17, 15) is 14.4 Å². The fourth-order valence-corrected chi connectivity index (χ4v) is 3.30. The molecule has 1 N–H and O–H groups in total. The minimum absolute atomic E-state index is 0.124. The lowest BCUT2D eigenvalue weighted by atomic mass is 9.85. The van der Waals surface area contributed by atoms with Crippen molar-refractivity contribution >= 4 is 17.7 Å². The fraction of sp³-hybridized carbons (Fsp3) is 0.421. The average molecular weight is 326 g/mol. The summed E-state index contributed by atoms with van der Waals surface area (Å²) < 4.78 is 0. The number of benzene rings is 1. The van der Waals surface area contributed by atoms with Crippen molar-refractivity contribution < 1.29 is 14.4 Å². The van der Waals surface area contributed by atoms with Gasteiger partial charge in [-0.2, -0.15) is 0 Å². The predicted octanol–water partition coefficient (Wildman–Crippen LogP) is 1.95. The highest BCUT2D eigenvalue weighted by molar-refractivity contribution is 6.05. The Hall–Kier alpha value is -2.43. The van der Waals surface area contributed by atoms with Crippen LogP contribution < -0.4 is 5.32 Å². The van der Waals surface area contributed by atoms with Gasteiger partial charge in [-0.15, -0.1) is 0 Å². The van der Waals surface area contributed by atoms with Crippen molar-refractivity contribution in [1.82, 2.24) is 10.2 Å². The second-order valence-electron chi connectivity index (χ2n) is 6.50. The summed E-state index contributed by atoms with van der Waals surface area (Å²) in [6.07, 6.45) is 5.33. The summed E-state index contributed by atoms with van der Waals surface area (Å²) >= 11 is 0. The normalized spacial score (nSPS) is 22.6. The van der Waals surface area contributed by atoms with Gasteiger partial charge in [0.15, 0.2) is 0 Å². The SMILES string of the molecule is Cc1ccc(CNC(=O)CCN2C(=O)[C@H]3CC=CC[C@@H]3C2=O)cc1. The van der Waals surface area contributed by atoms with E-state index in [-0.39, 0.29) is 42.5 Å². The molecule has 3 rings (SSSR count). The van der Waals surface area contributed by atoms with Gasteiger partial charge >= 0.3 is 0 Å². The number of likely N-dealkylation sites (tertiary alicyclic amines) is 1. The van der Waals surface area contributed by atoms with Crippen LogP contribution >= 0.6 is 0 Å². The molecule has 5 nitrogen and oxygen atoms in total. The van der Waals surface area contributed by atoms with Crippen LogP contribution in [0, 0.1) is 18.8 Å². The van der Waals surface area contributed by atoms with Crippen molar-refractivity contribution in [3.8, 4) is 0 Å². The van der Waals surface area contributed by atoms with E-state index < -0.39 is 0 Å². The van der Waals surface area contributed by atoms with E-state index in [2.05, 4.69) is 5.32 Å². The Bertz CT molecular complexity index is 652. The predicted molar refractivity (Wildman–Crippen MR) is 89.7 cm³/mol. The van der Waals surface area contributed by atoms with Gasteiger partial charge in [-0.25, -0.2) is 0 Å². The lowest BCUT2D eigenvalue weighted by Gasteiger charge is -2.14. The molecule has 5 heteroatoms. The number of nitrogens with one attached hydrogen (secondary N) is 1. The summed E-state index contributed by atoms with van der Waals surface area (Å²) in [7, 11) is 0. The second kappa shape index (κ2) is 6.99. The van der Waals surface area contributed by atoms with Crippen LogP contribution in [-0.2, 0) is 20.9 Å². The molecule has 1 aliphatic carbocycles. The maximum atomic E-state index is 12.3. The maximum absolute atomic E-state index is 12.3. The first kappa shape index (κ1) is 16.4. The molecule has 2 aliphatic rings. The van der Waals surface area contributed by atoms with Crippen molar-refractivity contribution in [2.45, 2.75) is 32.7 Å². The minimum atomic E-state index is -0.224. The Morgan fingerprint density at radius 3 is 2.25 bits per heavy atom. The third-order valence-corrected chi connectivity index (χ3v) is 4.77. The number of aryl methyl sites for hydroxylation is 1. The minimum Gasteiger partial charge on any atom is -0.352 e. The number of rotatable bonds is 5. The van der Waals surface area contributed by atoms with Crippen LogP contribution in [0.1, 0.15) is 30.4 Å². The number of fused-ring (bicyclic) bond motifs is 1. The topological polar surface area (TPSA) is 66.5 Å². The van der Waals surface area contributed by atoms with Gasteiger partial charge in [0.2, 0.25) is 17.7 Å². The Morgan fingerprint density at radius 2 is 1.67 bits per heavy atom. The fourth-order valence-electron chi connectivity index (χ4n) is 3.30. The lowest BCUT2D eigenvalue weighted by Crippen LogP contribution is -2.35. The van der Waals surface area contributed by atoms with Crippen LogP contribution in [0.4, 0.5) is 0 Å². The van der Waals surface area contributed by atoms with E-state index in [0.717, 1.165) is 5.56 Å². The highest BCUT2D eigenvalue weighted by Gasteiger charge is 2.46. The highest BCUT2D eigenvalue weighted by atomic mass is 16.2. The van der Waals surface area contributed by atoms with E-state index in [0.29, 0.717) is 19.4 Å². The second-order valence-corrected chi connectivity index (χ2v) is 6.50. The maximum Gasteiger partial charge on any atom is 0.233 e. The zero-order chi connectivity index (χ0) is 17.1. The van der Waals surface area contributed by atoms with Crippen LogP contribution in [0.15, 0.2) is 36.4 Å². The summed E-state index contributed by atoms with van der Waals surface area (Å²) in [6, 6.07) is 7.94. The van der Waals surface area contributed by atoms with Crippen molar-refractivity contribution in [2.24, 2.45) is 11.8 Å². The molecule has 0 bridgehead atoms. The number of nitrogens with zero attached hydrogens (tertiary/aromatic N) is 1. The van der Waals surface area contributed by atoms with Crippen LogP contribution in [0.2, 0.25) is 0 Å². The van der Waals surface area contributed by atoms with Crippen LogP contribution in [0.25, 0.3) is 0 Å². The number of carbonyl (C=O) groups is 3. The van der Waals surface area contributed by atoms with Gasteiger partial charge in [0.1, 0.15) is 0 Å². The molecule has 0 aromatic heterocycles. The first-order chi connectivity index (χ1) is 11.6. The molecular formula is C19H22N2O3. The van der Waals surface area contributed by atoms with Gasteiger partial charge in [-0.1, -0.05) is 42.0 Å². The van der Waals surface area contributed by atoms with Gasteiger partial charge in [-0.3, -0.25) is 19.3 Å².